The van der Waals surface area contributed by atoms with E-state index in [1.54, 1.807) is 4.68 Å². The van der Waals surface area contributed by atoms with Gasteiger partial charge in [-0.2, -0.15) is 5.10 Å². The molecule has 2 N–H and O–H groups in total. The molecular formula is C24H23N5O. The van der Waals surface area contributed by atoms with E-state index in [-0.39, 0.29) is 11.4 Å². The molecule has 6 rings (SSSR count). The van der Waals surface area contributed by atoms with Crippen LogP contribution in [0.15, 0.2) is 48.9 Å². The van der Waals surface area contributed by atoms with Crippen molar-refractivity contribution in [3.05, 3.63) is 60.0 Å². The lowest BCUT2D eigenvalue weighted by atomic mass is 9.77. The largest absolute Gasteiger partial charge is 0.345 e. The van der Waals surface area contributed by atoms with Gasteiger partial charge in [-0.3, -0.25) is 9.48 Å². The van der Waals surface area contributed by atoms with Crippen LogP contribution in [-0.4, -0.2) is 25.7 Å². The van der Waals surface area contributed by atoms with Crippen molar-refractivity contribution in [1.29, 1.82) is 0 Å². The van der Waals surface area contributed by atoms with E-state index in [9.17, 15) is 4.79 Å². The smallest absolute Gasteiger partial charge is 0.252 e. The molecule has 0 atom stereocenters. The number of aromatic amines is 1. The maximum absolute atomic E-state index is 12.6. The summed E-state index contributed by atoms with van der Waals surface area (Å²) in [7, 11) is 1.90. The van der Waals surface area contributed by atoms with Gasteiger partial charge >= 0.3 is 0 Å². The number of H-pyrrole nitrogens is 1. The highest BCUT2D eigenvalue weighted by Gasteiger charge is 2.43. The van der Waals surface area contributed by atoms with Crippen LogP contribution in [0.25, 0.3) is 33.4 Å². The number of nitrogens with one attached hydrogen (secondary N) is 2. The maximum Gasteiger partial charge on any atom is 0.252 e. The maximum atomic E-state index is 12.6. The van der Waals surface area contributed by atoms with E-state index in [0.717, 1.165) is 64.7 Å². The Morgan fingerprint density at radius 3 is 2.70 bits per heavy atom. The Morgan fingerprint density at radius 2 is 1.90 bits per heavy atom. The van der Waals surface area contributed by atoms with E-state index < -0.39 is 0 Å². The number of hydrogen-bond acceptors (Lipinski definition) is 3. The van der Waals surface area contributed by atoms with Crippen LogP contribution in [0.4, 0.5) is 0 Å². The van der Waals surface area contributed by atoms with Gasteiger partial charge in [0.05, 0.1) is 17.4 Å². The molecule has 4 aromatic rings. The highest BCUT2D eigenvalue weighted by Crippen LogP contribution is 2.44. The van der Waals surface area contributed by atoms with Crippen LogP contribution < -0.4 is 5.32 Å². The van der Waals surface area contributed by atoms with Gasteiger partial charge in [0.2, 0.25) is 0 Å². The zero-order chi connectivity index (χ0) is 20.3. The van der Waals surface area contributed by atoms with Crippen LogP contribution in [0.5, 0.6) is 0 Å². The summed E-state index contributed by atoms with van der Waals surface area (Å²) < 4.78 is 1.78. The van der Waals surface area contributed by atoms with Crippen molar-refractivity contribution in [3.63, 3.8) is 0 Å². The molecule has 1 aliphatic carbocycles. The second-order valence-electron chi connectivity index (χ2n) is 8.55. The highest BCUT2D eigenvalue weighted by atomic mass is 16.2. The number of rotatable bonds is 2. The molecule has 1 fully saturated rings. The summed E-state index contributed by atoms with van der Waals surface area (Å²) >= 11 is 0. The fourth-order valence-electron chi connectivity index (χ4n) is 5.17. The Balaban J connectivity index is 1.44. The summed E-state index contributed by atoms with van der Waals surface area (Å²) in [6.45, 7) is 0. The Labute approximate surface area is 174 Å². The van der Waals surface area contributed by atoms with Gasteiger partial charge in [-0.15, -0.1) is 0 Å². The van der Waals surface area contributed by atoms with Crippen molar-refractivity contribution < 1.29 is 4.79 Å². The fourth-order valence-corrected chi connectivity index (χ4v) is 5.17. The molecule has 1 spiro atoms. The minimum absolute atomic E-state index is 0.0696. The summed E-state index contributed by atoms with van der Waals surface area (Å²) in [5, 5.41) is 8.63. The van der Waals surface area contributed by atoms with E-state index >= 15 is 0 Å². The van der Waals surface area contributed by atoms with Gasteiger partial charge in [0, 0.05) is 41.5 Å². The van der Waals surface area contributed by atoms with E-state index in [4.69, 9.17) is 4.98 Å². The van der Waals surface area contributed by atoms with Crippen molar-refractivity contribution in [2.45, 2.75) is 37.6 Å². The van der Waals surface area contributed by atoms with Crippen LogP contribution in [-0.2, 0) is 12.6 Å². The van der Waals surface area contributed by atoms with Gasteiger partial charge in [-0.05, 0) is 48.2 Å². The van der Waals surface area contributed by atoms with Crippen LogP contribution >= 0.6 is 0 Å². The predicted molar refractivity (Wildman–Crippen MR) is 116 cm³/mol. The summed E-state index contributed by atoms with van der Waals surface area (Å²) in [6.07, 6.45) is 11.4. The second-order valence-corrected chi connectivity index (χ2v) is 8.55. The van der Waals surface area contributed by atoms with E-state index in [0.29, 0.717) is 0 Å². The molecule has 30 heavy (non-hydrogen) atoms. The minimum atomic E-state index is -0.182. The SMILES string of the molecule is Cn1cc(-c2ccc3c(-c4ccc5c(c4)C4(CCCCC4)NC5=O)c[nH]c3n2)cn1. The normalized spacial score (nSPS) is 17.4. The zero-order valence-electron chi connectivity index (χ0n) is 16.9. The third-order valence-electron chi connectivity index (χ3n) is 6.69. The van der Waals surface area contributed by atoms with Crippen LogP contribution in [0, 0.1) is 0 Å². The summed E-state index contributed by atoms with van der Waals surface area (Å²) in [4.78, 5) is 20.7. The Bertz CT molecular complexity index is 1290. The van der Waals surface area contributed by atoms with Crippen molar-refractivity contribution in [2.75, 3.05) is 0 Å². The first-order valence-electron chi connectivity index (χ1n) is 10.6. The summed E-state index contributed by atoms with van der Waals surface area (Å²) in [5.74, 6) is 0.0696. The number of aromatic nitrogens is 4. The molecule has 4 heterocycles. The molecule has 150 valence electrons. The van der Waals surface area contributed by atoms with Crippen LogP contribution in [0.1, 0.15) is 48.0 Å². The molecule has 1 aliphatic heterocycles. The number of nitrogens with zero attached hydrogens (tertiary/aromatic N) is 3. The van der Waals surface area contributed by atoms with Gasteiger partial charge in [-0.25, -0.2) is 4.98 Å². The molecule has 6 nitrogen and oxygen atoms in total. The van der Waals surface area contributed by atoms with Crippen molar-refractivity contribution in [1.82, 2.24) is 25.1 Å². The number of carbonyl (C=O) groups excluding carboxylic acids is 1. The third kappa shape index (κ3) is 2.53. The first-order chi connectivity index (χ1) is 14.6. The minimum Gasteiger partial charge on any atom is -0.345 e. The van der Waals surface area contributed by atoms with Crippen molar-refractivity contribution in [2.24, 2.45) is 7.05 Å². The highest BCUT2D eigenvalue weighted by molar-refractivity contribution is 6.02. The first kappa shape index (κ1) is 17.4. The number of fused-ring (bicyclic) bond motifs is 3. The van der Waals surface area contributed by atoms with Crippen molar-refractivity contribution in [3.8, 4) is 22.4 Å². The second kappa shape index (κ2) is 6.29. The molecule has 0 bridgehead atoms. The van der Waals surface area contributed by atoms with Crippen LogP contribution in [0.3, 0.4) is 0 Å². The molecular weight excluding hydrogens is 374 g/mol. The molecule has 3 aromatic heterocycles. The summed E-state index contributed by atoms with van der Waals surface area (Å²) in [5.41, 5.74) is 6.80. The third-order valence-corrected chi connectivity index (χ3v) is 6.69. The molecule has 2 aliphatic rings. The molecule has 0 radical (unpaired) electrons. The van der Waals surface area contributed by atoms with E-state index in [1.165, 1.54) is 12.0 Å². The molecule has 1 aromatic carbocycles. The Kier molecular flexibility index (Phi) is 3.66. The summed E-state index contributed by atoms with van der Waals surface area (Å²) in [6, 6.07) is 10.4. The molecule has 1 saturated carbocycles. The molecule has 0 saturated heterocycles. The topological polar surface area (TPSA) is 75.6 Å². The average molecular weight is 397 g/mol. The number of pyridine rings is 1. The Morgan fingerprint density at radius 1 is 1.03 bits per heavy atom. The van der Waals surface area contributed by atoms with Gasteiger partial charge < -0.3 is 10.3 Å². The standard InChI is InChI=1S/C24H23N5O/c1-29-14-16(12-26-29)21-8-7-17-19(13-25-22(17)27-21)15-5-6-18-20(11-15)24(28-23(18)30)9-3-2-4-10-24/h5-8,11-14H,2-4,9-10H2,1H3,(H,25,27)(H,28,30). The predicted octanol–water partition coefficient (Wildman–Crippen LogP) is 4.53. The van der Waals surface area contributed by atoms with Gasteiger partial charge in [-0.1, -0.05) is 25.3 Å². The number of benzene rings is 1. The average Bonchev–Trinajstić information content (AvgIpc) is 3.45. The number of aryl methyl sites for hydroxylation is 1. The molecule has 1 amide bonds. The van der Waals surface area contributed by atoms with Gasteiger partial charge in [0.15, 0.2) is 0 Å². The monoisotopic (exact) mass is 397 g/mol. The lowest BCUT2D eigenvalue weighted by Gasteiger charge is -2.34. The first-order valence-corrected chi connectivity index (χ1v) is 10.6. The van der Waals surface area contributed by atoms with Crippen molar-refractivity contribution >= 4 is 16.9 Å². The molecule has 6 heteroatoms. The van der Waals surface area contributed by atoms with E-state index in [1.807, 2.05) is 37.8 Å². The van der Waals surface area contributed by atoms with Gasteiger partial charge in [0.1, 0.15) is 5.65 Å². The Hall–Kier alpha value is -3.41. The number of amides is 1. The number of carbonyl (C=O) groups is 1. The lowest BCUT2D eigenvalue weighted by molar-refractivity contribution is 0.0909. The van der Waals surface area contributed by atoms with Crippen LogP contribution in [0.2, 0.25) is 0 Å². The quantitative estimate of drug-likeness (QED) is 0.522. The lowest BCUT2D eigenvalue weighted by Crippen LogP contribution is -2.40. The number of hydrogen-bond donors (Lipinski definition) is 2. The van der Waals surface area contributed by atoms with E-state index in [2.05, 4.69) is 33.6 Å². The fraction of sp³-hybridized carbons (Fsp3) is 0.292. The van der Waals surface area contributed by atoms with Gasteiger partial charge in [0.25, 0.3) is 5.91 Å². The molecule has 0 unspecified atom stereocenters. The zero-order valence-corrected chi connectivity index (χ0v) is 16.9.